The molecule has 2 aliphatic rings. The summed E-state index contributed by atoms with van der Waals surface area (Å²) < 4.78 is 66.1. The van der Waals surface area contributed by atoms with Crippen LogP contribution in [0.3, 0.4) is 0 Å². The van der Waals surface area contributed by atoms with Crippen LogP contribution in [-0.4, -0.2) is 60.4 Å². The Balaban J connectivity index is 0.000000277. The summed E-state index contributed by atoms with van der Waals surface area (Å²) in [6.07, 6.45) is 1.60. The van der Waals surface area contributed by atoms with E-state index in [1.54, 1.807) is 20.8 Å². The van der Waals surface area contributed by atoms with E-state index in [2.05, 4.69) is 33.5 Å². The van der Waals surface area contributed by atoms with Crippen molar-refractivity contribution in [1.82, 2.24) is 10.0 Å². The summed E-state index contributed by atoms with van der Waals surface area (Å²) in [4.78, 5) is 33.9. The number of halogens is 1. The van der Waals surface area contributed by atoms with Crippen molar-refractivity contribution in [2.45, 2.75) is 59.5 Å². The lowest BCUT2D eigenvalue weighted by atomic mass is 10.0. The van der Waals surface area contributed by atoms with Crippen molar-refractivity contribution >= 4 is 55.4 Å². The van der Waals surface area contributed by atoms with E-state index >= 15 is 0 Å². The van der Waals surface area contributed by atoms with Crippen molar-refractivity contribution in [1.29, 1.82) is 0 Å². The average Bonchev–Trinajstić information content (AvgIpc) is 3.45. The first kappa shape index (κ1) is 40.9. The van der Waals surface area contributed by atoms with Gasteiger partial charge in [-0.25, -0.2) is 22.7 Å². The number of nitrogens with two attached hydrogens (primary N) is 1. The fourth-order valence-electron chi connectivity index (χ4n) is 4.24. The molecule has 0 saturated carbocycles. The molecule has 2 aromatic rings. The number of esters is 2. The third-order valence-electron chi connectivity index (χ3n) is 6.60. The van der Waals surface area contributed by atoms with E-state index in [4.69, 9.17) is 26.8 Å². The van der Waals surface area contributed by atoms with Gasteiger partial charge in [0.1, 0.15) is 10.7 Å². The number of amides is 1. The molecule has 0 aromatic heterocycles. The van der Waals surface area contributed by atoms with Crippen molar-refractivity contribution in [3.05, 3.63) is 92.3 Å². The van der Waals surface area contributed by atoms with Gasteiger partial charge in [-0.3, -0.25) is 4.79 Å². The van der Waals surface area contributed by atoms with Crippen molar-refractivity contribution in [2.75, 3.05) is 19.8 Å². The Morgan fingerprint density at radius 2 is 1.33 bits per heavy atom. The van der Waals surface area contributed by atoms with Crippen LogP contribution in [0.25, 0.3) is 0 Å². The van der Waals surface area contributed by atoms with E-state index in [0.717, 1.165) is 12.0 Å². The van der Waals surface area contributed by atoms with Gasteiger partial charge in [0.2, 0.25) is 10.8 Å². The molecule has 2 aromatic carbocycles. The summed E-state index contributed by atoms with van der Waals surface area (Å²) in [6, 6.07) is 19.3. The van der Waals surface area contributed by atoms with Crippen LogP contribution in [0.4, 0.5) is 0 Å². The van der Waals surface area contributed by atoms with Gasteiger partial charge in [-0.2, -0.15) is 8.42 Å². The molecule has 1 amide bonds. The lowest BCUT2D eigenvalue weighted by Crippen LogP contribution is -2.29. The van der Waals surface area contributed by atoms with Gasteiger partial charge in [0.05, 0.1) is 25.9 Å². The predicted molar refractivity (Wildman–Crippen MR) is 184 cm³/mol. The maximum absolute atomic E-state index is 12.0. The lowest BCUT2D eigenvalue weighted by Gasteiger charge is -2.18. The number of ether oxygens (including phenoxy) is 3. The first-order chi connectivity index (χ1) is 23.2. The zero-order chi connectivity index (χ0) is 36.8. The zero-order valence-corrected chi connectivity index (χ0v) is 30.2. The van der Waals surface area contributed by atoms with Crippen LogP contribution >= 0.6 is 11.6 Å². The van der Waals surface area contributed by atoms with Gasteiger partial charge in [0.25, 0.3) is 26.0 Å². The number of hydrogen-bond acceptors (Lipinski definition) is 12. The summed E-state index contributed by atoms with van der Waals surface area (Å²) in [5.41, 5.74) is 7.62. The number of rotatable bonds is 11. The highest BCUT2D eigenvalue weighted by Gasteiger charge is 2.42. The quantitative estimate of drug-likeness (QED) is 0.281. The topological polar surface area (TPSA) is 210 Å². The summed E-state index contributed by atoms with van der Waals surface area (Å²) in [7, 11) is -8.29. The lowest BCUT2D eigenvalue weighted by molar-refractivity contribution is -0.138. The third kappa shape index (κ3) is 11.1. The molecule has 4 N–H and O–H groups in total. The maximum atomic E-state index is 12.0. The van der Waals surface area contributed by atoms with E-state index in [1.165, 1.54) is 5.56 Å². The number of carbonyl (C=O) groups excluding carboxylic acids is 3. The van der Waals surface area contributed by atoms with Gasteiger partial charge >= 0.3 is 11.9 Å². The number of nitrogens with zero attached hydrogens (tertiary/aromatic N) is 1. The molecule has 14 nitrogen and oxygen atoms in total. The molecule has 2 heterocycles. The van der Waals surface area contributed by atoms with Gasteiger partial charge in [0, 0.05) is 6.04 Å². The minimum absolute atomic E-state index is 0.00914. The third-order valence-corrected chi connectivity index (χ3v) is 9.72. The van der Waals surface area contributed by atoms with Crippen molar-refractivity contribution < 1.29 is 45.4 Å². The van der Waals surface area contributed by atoms with E-state index in [0.29, 0.717) is 6.42 Å². The highest BCUT2D eigenvalue weighted by Crippen LogP contribution is 2.28. The Hall–Kier alpha value is -4.25. The van der Waals surface area contributed by atoms with Crippen LogP contribution in [-0.2, 0) is 48.6 Å². The SMILES string of the molecule is CCOC(=O)C1=C(Cl)C(OCC)=NS1(=O)=O.CCOC(=O)C1=C(N[C@H](CC)c2ccccc2)C(=O)NS1(=O)=O.CC[C@@H](N)c1ccccc1. The second kappa shape index (κ2) is 19.1. The molecule has 2 atom stereocenters. The van der Waals surface area contributed by atoms with Crippen LogP contribution in [0, 0.1) is 0 Å². The van der Waals surface area contributed by atoms with Crippen LogP contribution in [0.15, 0.2) is 85.6 Å². The molecule has 0 aliphatic carbocycles. The fourth-order valence-corrected chi connectivity index (χ4v) is 6.94. The standard InChI is InChI=1S/C15H18N2O5S.C9H13N.C8H10ClNO5S/c1-3-11(10-8-6-5-7-9-10)16-12-13(15(19)22-4-2)23(20,21)17-14(12)18;1-2-9(10)8-6-4-3-5-7-8;1-3-14-7-5(9)6(8(11)15-4-2)16(12,13)10-7/h5-9,11,16H,3-4H2,1-2H3,(H,17,18);3-7,9H,2,10H2,1H3;3-4H2,1-2H3/t11-;9-;/m11./s1. The second-order valence-corrected chi connectivity index (χ2v) is 13.5. The molecule has 0 spiro atoms. The number of carbonyl (C=O) groups is 3. The molecule has 0 bridgehead atoms. The molecule has 0 radical (unpaired) electrons. The Morgan fingerprint density at radius 3 is 1.80 bits per heavy atom. The highest BCUT2D eigenvalue weighted by atomic mass is 35.5. The molecule has 0 saturated heterocycles. The molecule has 4 rings (SSSR count). The molecule has 268 valence electrons. The Morgan fingerprint density at radius 1 is 0.816 bits per heavy atom. The van der Waals surface area contributed by atoms with Crippen LogP contribution < -0.4 is 15.8 Å². The van der Waals surface area contributed by atoms with Crippen LogP contribution in [0.1, 0.15) is 70.7 Å². The van der Waals surface area contributed by atoms with Crippen molar-refractivity contribution in [2.24, 2.45) is 10.1 Å². The molecule has 0 unspecified atom stereocenters. The van der Waals surface area contributed by atoms with Crippen molar-refractivity contribution in [3.8, 4) is 0 Å². The minimum Gasteiger partial charge on any atom is -0.476 e. The normalized spacial score (nSPS) is 16.9. The molecule has 2 aliphatic heterocycles. The Bertz CT molecular complexity index is 1780. The number of benzene rings is 2. The monoisotopic (exact) mass is 740 g/mol. The second-order valence-electron chi connectivity index (χ2n) is 9.97. The minimum atomic E-state index is -4.20. The highest BCUT2D eigenvalue weighted by molar-refractivity contribution is 7.95. The number of nitrogens with one attached hydrogen (secondary N) is 2. The Kier molecular flexibility index (Phi) is 15.9. The molecule has 49 heavy (non-hydrogen) atoms. The Labute approximate surface area is 291 Å². The van der Waals surface area contributed by atoms with E-state index < -0.39 is 47.7 Å². The number of hydrogen-bond donors (Lipinski definition) is 3. The molecule has 17 heteroatoms. The van der Waals surface area contributed by atoms with Crippen LogP contribution in [0.2, 0.25) is 0 Å². The number of sulfonamides is 2. The largest absolute Gasteiger partial charge is 0.476 e. The zero-order valence-electron chi connectivity index (χ0n) is 27.8. The van der Waals surface area contributed by atoms with Gasteiger partial charge in [-0.15, -0.1) is 4.40 Å². The summed E-state index contributed by atoms with van der Waals surface area (Å²) >= 11 is 5.68. The van der Waals surface area contributed by atoms with Gasteiger partial charge in [0.15, 0.2) is 4.91 Å². The van der Waals surface area contributed by atoms with Crippen LogP contribution in [0.5, 0.6) is 0 Å². The van der Waals surface area contributed by atoms with E-state index in [9.17, 15) is 31.2 Å². The smallest absolute Gasteiger partial charge is 0.354 e. The predicted octanol–water partition coefficient (Wildman–Crippen LogP) is 3.84. The maximum Gasteiger partial charge on any atom is 0.354 e. The van der Waals surface area contributed by atoms with Crippen molar-refractivity contribution in [3.63, 3.8) is 0 Å². The fraction of sp³-hybridized carbons (Fsp3) is 0.375. The molecular weight excluding hydrogens is 700 g/mol. The van der Waals surface area contributed by atoms with Gasteiger partial charge in [-0.1, -0.05) is 86.1 Å². The molecular formula is C32H41ClN4O10S2. The summed E-state index contributed by atoms with van der Waals surface area (Å²) in [5, 5.41) is 2.53. The average molecular weight is 741 g/mol. The summed E-state index contributed by atoms with van der Waals surface area (Å²) in [6.45, 7) is 8.98. The molecule has 0 fully saturated rings. The van der Waals surface area contributed by atoms with E-state index in [1.807, 2.05) is 60.2 Å². The summed E-state index contributed by atoms with van der Waals surface area (Å²) in [5.74, 6) is -3.20. The first-order valence-corrected chi connectivity index (χ1v) is 18.6. The van der Waals surface area contributed by atoms with Gasteiger partial charge in [-0.05, 0) is 44.7 Å². The van der Waals surface area contributed by atoms with E-state index in [-0.39, 0.29) is 48.5 Å². The first-order valence-electron chi connectivity index (χ1n) is 15.3. The van der Waals surface area contributed by atoms with Gasteiger partial charge < -0.3 is 25.3 Å².